The Morgan fingerprint density at radius 1 is 1.14 bits per heavy atom. The van der Waals surface area contributed by atoms with Crippen molar-refractivity contribution in [2.75, 3.05) is 12.0 Å². The Morgan fingerprint density at radius 3 is 2.73 bits per heavy atom. The minimum absolute atomic E-state index is 0.0437. The Kier molecular flexibility index (Phi) is 4.07. The van der Waals surface area contributed by atoms with Crippen LogP contribution in [0.15, 0.2) is 60.8 Å². The number of ether oxygens (including phenoxy) is 1. The van der Waals surface area contributed by atoms with Crippen LogP contribution in [0.1, 0.15) is 5.56 Å². The maximum atomic E-state index is 11.4. The first-order valence-corrected chi connectivity index (χ1v) is 7.04. The van der Waals surface area contributed by atoms with Gasteiger partial charge in [0.1, 0.15) is 12.4 Å². The summed E-state index contributed by atoms with van der Waals surface area (Å²) in [5.74, 6) is 0.557. The fraction of sp³-hybridized carbons (Fsp3) is 0.118. The highest BCUT2D eigenvalue weighted by molar-refractivity contribution is 5.89. The molecular weight excluding hydrogens is 278 g/mol. The fourth-order valence-electron chi connectivity index (χ4n) is 2.23. The van der Waals surface area contributed by atoms with E-state index in [1.165, 1.54) is 0 Å². The molecule has 1 amide bonds. The van der Waals surface area contributed by atoms with E-state index in [-0.39, 0.29) is 12.5 Å². The van der Waals surface area contributed by atoms with Crippen molar-refractivity contribution in [3.63, 3.8) is 0 Å². The molecule has 2 aromatic carbocycles. The molecule has 5 nitrogen and oxygen atoms in total. The Bertz CT molecular complexity index is 781. The molecule has 3 rings (SSSR count). The number of nitrogens with two attached hydrogens (primary N) is 1. The van der Waals surface area contributed by atoms with Crippen LogP contribution in [0.4, 0.5) is 0 Å². The number of rotatable bonds is 5. The Morgan fingerprint density at radius 2 is 1.95 bits per heavy atom. The minimum atomic E-state index is -0.234. The van der Waals surface area contributed by atoms with Crippen LogP contribution < -0.4 is 15.9 Å². The third kappa shape index (κ3) is 3.10. The first-order valence-electron chi connectivity index (χ1n) is 7.04. The lowest BCUT2D eigenvalue weighted by molar-refractivity contribution is -0.115. The molecule has 0 unspecified atom stereocenters. The maximum absolute atomic E-state index is 11.4. The summed E-state index contributed by atoms with van der Waals surface area (Å²) < 4.78 is 7.45. The van der Waals surface area contributed by atoms with Crippen LogP contribution in [0.5, 0.6) is 5.75 Å². The summed E-state index contributed by atoms with van der Waals surface area (Å²) >= 11 is 0. The second-order valence-electron chi connectivity index (χ2n) is 4.92. The van der Waals surface area contributed by atoms with Gasteiger partial charge < -0.3 is 10.5 Å². The van der Waals surface area contributed by atoms with Gasteiger partial charge in [-0.15, -0.1) is 0 Å². The summed E-state index contributed by atoms with van der Waals surface area (Å²) in [6.07, 6.45) is 1.79. The summed E-state index contributed by atoms with van der Waals surface area (Å²) in [5.41, 5.74) is 10.0. The van der Waals surface area contributed by atoms with E-state index in [0.29, 0.717) is 6.61 Å². The van der Waals surface area contributed by atoms with E-state index in [9.17, 15) is 4.79 Å². The van der Waals surface area contributed by atoms with Crippen molar-refractivity contribution >= 4 is 16.8 Å². The number of nitrogens with zero attached hydrogens (tertiary/aromatic N) is 1. The van der Waals surface area contributed by atoms with Gasteiger partial charge >= 0.3 is 0 Å². The van der Waals surface area contributed by atoms with Gasteiger partial charge in [0.2, 0.25) is 0 Å². The second kappa shape index (κ2) is 6.32. The second-order valence-corrected chi connectivity index (χ2v) is 4.92. The third-order valence-corrected chi connectivity index (χ3v) is 3.34. The zero-order valence-electron chi connectivity index (χ0n) is 12.0. The van der Waals surface area contributed by atoms with Gasteiger partial charge in [-0.25, -0.2) is 0 Å². The summed E-state index contributed by atoms with van der Waals surface area (Å²) in [5, 5.41) is 0.989. The van der Waals surface area contributed by atoms with Gasteiger partial charge in [-0.05, 0) is 29.8 Å². The van der Waals surface area contributed by atoms with Crippen LogP contribution in [0, 0.1) is 0 Å². The Labute approximate surface area is 128 Å². The smallest absolute Gasteiger partial charge is 0.252 e. The van der Waals surface area contributed by atoms with E-state index < -0.39 is 0 Å². The van der Waals surface area contributed by atoms with E-state index in [4.69, 9.17) is 10.5 Å². The molecule has 0 fully saturated rings. The molecule has 3 N–H and O–H groups in total. The molecule has 0 aliphatic rings. The van der Waals surface area contributed by atoms with Crippen LogP contribution in [0.2, 0.25) is 0 Å². The molecule has 0 aliphatic heterocycles. The largest absolute Gasteiger partial charge is 0.489 e. The number of nitrogens with one attached hydrogen (secondary N) is 1. The molecule has 0 saturated carbocycles. The number of carbonyl (C=O) groups excluding carboxylic acids is 1. The van der Waals surface area contributed by atoms with E-state index in [1.807, 2.05) is 54.6 Å². The first-order chi connectivity index (χ1) is 10.8. The molecular formula is C17H17N3O2. The van der Waals surface area contributed by atoms with Crippen LogP contribution in [-0.2, 0) is 11.4 Å². The highest BCUT2D eigenvalue weighted by Gasteiger charge is 2.05. The topological polar surface area (TPSA) is 69.3 Å². The van der Waals surface area contributed by atoms with Gasteiger partial charge in [-0.1, -0.05) is 30.3 Å². The van der Waals surface area contributed by atoms with Crippen molar-refractivity contribution in [1.29, 1.82) is 0 Å². The first kappa shape index (κ1) is 14.2. The summed E-state index contributed by atoms with van der Waals surface area (Å²) in [7, 11) is 0. The van der Waals surface area contributed by atoms with E-state index in [1.54, 1.807) is 10.9 Å². The molecule has 1 aromatic heterocycles. The molecule has 3 aromatic rings. The predicted molar refractivity (Wildman–Crippen MR) is 86.1 cm³/mol. The zero-order valence-corrected chi connectivity index (χ0v) is 12.0. The quantitative estimate of drug-likeness (QED) is 0.758. The van der Waals surface area contributed by atoms with Crippen molar-refractivity contribution in [1.82, 2.24) is 4.68 Å². The van der Waals surface area contributed by atoms with Gasteiger partial charge in [0.05, 0.1) is 12.1 Å². The molecule has 0 radical (unpaired) electrons. The van der Waals surface area contributed by atoms with Crippen molar-refractivity contribution in [3.8, 4) is 5.75 Å². The lowest BCUT2D eigenvalue weighted by Crippen LogP contribution is -2.28. The summed E-state index contributed by atoms with van der Waals surface area (Å²) in [4.78, 5) is 11.4. The molecule has 1 heterocycles. The highest BCUT2D eigenvalue weighted by Crippen LogP contribution is 2.22. The van der Waals surface area contributed by atoms with E-state index >= 15 is 0 Å². The molecule has 0 spiro atoms. The Balaban J connectivity index is 1.75. The molecule has 22 heavy (non-hydrogen) atoms. The van der Waals surface area contributed by atoms with Crippen molar-refractivity contribution in [2.45, 2.75) is 6.61 Å². The molecule has 0 aliphatic carbocycles. The van der Waals surface area contributed by atoms with Crippen molar-refractivity contribution < 1.29 is 9.53 Å². The van der Waals surface area contributed by atoms with Gasteiger partial charge in [0.15, 0.2) is 0 Å². The third-order valence-electron chi connectivity index (χ3n) is 3.34. The predicted octanol–water partition coefficient (Wildman–Crippen LogP) is 2.25. The number of carbonyl (C=O) groups is 1. The Hall–Kier alpha value is -2.79. The van der Waals surface area contributed by atoms with Gasteiger partial charge in [0.25, 0.3) is 5.91 Å². The van der Waals surface area contributed by atoms with E-state index in [0.717, 1.165) is 22.2 Å². The molecule has 0 atom stereocenters. The maximum Gasteiger partial charge on any atom is 0.252 e. The molecule has 0 saturated heterocycles. The molecule has 112 valence electrons. The fourth-order valence-corrected chi connectivity index (χ4v) is 2.23. The van der Waals surface area contributed by atoms with Crippen LogP contribution in [0.3, 0.4) is 0 Å². The molecule has 5 heteroatoms. The zero-order chi connectivity index (χ0) is 15.4. The average molecular weight is 295 g/mol. The lowest BCUT2D eigenvalue weighted by atomic mass is 10.2. The standard InChI is InChI=1S/C17H17N3O2/c18-11-17(21)19-20-9-8-14-10-15(6-7-16(14)20)22-12-13-4-2-1-3-5-13/h1-10H,11-12,18H2,(H,19,21). The summed E-state index contributed by atoms with van der Waals surface area (Å²) in [6.45, 7) is 0.481. The van der Waals surface area contributed by atoms with Crippen LogP contribution >= 0.6 is 0 Å². The SMILES string of the molecule is NCC(=O)Nn1ccc2cc(OCc3ccccc3)ccc21. The normalized spacial score (nSPS) is 10.6. The van der Waals surface area contributed by atoms with Gasteiger partial charge in [0, 0.05) is 11.6 Å². The van der Waals surface area contributed by atoms with Gasteiger partial charge in [-0.2, -0.15) is 0 Å². The summed E-state index contributed by atoms with van der Waals surface area (Å²) in [6, 6.07) is 17.7. The highest BCUT2D eigenvalue weighted by atomic mass is 16.5. The lowest BCUT2D eigenvalue weighted by Gasteiger charge is -2.08. The van der Waals surface area contributed by atoms with E-state index in [2.05, 4.69) is 5.43 Å². The number of hydrogen-bond donors (Lipinski definition) is 2. The average Bonchev–Trinajstić information content (AvgIpc) is 2.96. The minimum Gasteiger partial charge on any atom is -0.489 e. The van der Waals surface area contributed by atoms with Crippen LogP contribution in [0.25, 0.3) is 10.9 Å². The number of hydrogen-bond acceptors (Lipinski definition) is 3. The van der Waals surface area contributed by atoms with Crippen LogP contribution in [-0.4, -0.2) is 17.1 Å². The van der Waals surface area contributed by atoms with Crippen molar-refractivity contribution in [3.05, 3.63) is 66.4 Å². The molecule has 0 bridgehead atoms. The van der Waals surface area contributed by atoms with Crippen molar-refractivity contribution in [2.24, 2.45) is 5.73 Å². The number of amides is 1. The number of benzene rings is 2. The number of aromatic nitrogens is 1. The number of fused-ring (bicyclic) bond motifs is 1. The van der Waals surface area contributed by atoms with Gasteiger partial charge in [-0.3, -0.25) is 14.9 Å². The monoisotopic (exact) mass is 295 g/mol.